The smallest absolute Gasteiger partial charge is 0.374 e. The Balaban J connectivity index is 1.90. The molecule has 0 aromatic rings. The van der Waals surface area contributed by atoms with Gasteiger partial charge in [-0.25, -0.2) is 0 Å². The van der Waals surface area contributed by atoms with Gasteiger partial charge in [-0.2, -0.15) is 0 Å². The quantitative estimate of drug-likeness (QED) is 0.371. The third-order valence-corrected chi connectivity index (χ3v) is 6.66. The fraction of sp³-hybridized carbons (Fsp3) is 0.857. The van der Waals surface area contributed by atoms with Gasteiger partial charge >= 0.3 is 8.80 Å². The SMILES string of the molecule is CCO[Si](CCC1=CC2OC2CC1)(OCC)OCC. The lowest BCUT2D eigenvalue weighted by molar-refractivity contribution is 0.0713. The first-order valence-corrected chi connectivity index (χ1v) is 9.43. The maximum absolute atomic E-state index is 5.87. The number of ether oxygens (including phenoxy) is 1. The molecule has 2 atom stereocenters. The van der Waals surface area contributed by atoms with E-state index in [1.54, 1.807) is 0 Å². The van der Waals surface area contributed by atoms with Crippen molar-refractivity contribution in [1.82, 2.24) is 0 Å². The summed E-state index contributed by atoms with van der Waals surface area (Å²) in [6.45, 7) is 7.96. The molecule has 0 bridgehead atoms. The molecule has 1 heterocycles. The van der Waals surface area contributed by atoms with Crippen LogP contribution in [0.4, 0.5) is 0 Å². The van der Waals surface area contributed by atoms with Crippen molar-refractivity contribution < 1.29 is 18.0 Å². The van der Waals surface area contributed by atoms with Crippen molar-refractivity contribution in [3.8, 4) is 0 Å². The number of rotatable bonds is 9. The van der Waals surface area contributed by atoms with Crippen LogP contribution in [0.1, 0.15) is 40.0 Å². The minimum absolute atomic E-state index is 0.395. The summed E-state index contributed by atoms with van der Waals surface area (Å²) >= 11 is 0. The van der Waals surface area contributed by atoms with Crippen LogP contribution in [0.3, 0.4) is 0 Å². The average molecular weight is 286 g/mol. The molecule has 0 aromatic heterocycles. The molecule has 0 saturated carbocycles. The zero-order valence-corrected chi connectivity index (χ0v) is 13.3. The van der Waals surface area contributed by atoms with E-state index in [-0.39, 0.29) is 0 Å². The third kappa shape index (κ3) is 4.13. The van der Waals surface area contributed by atoms with E-state index in [2.05, 4.69) is 6.08 Å². The molecule has 1 saturated heterocycles. The molecule has 19 heavy (non-hydrogen) atoms. The van der Waals surface area contributed by atoms with E-state index >= 15 is 0 Å². The van der Waals surface area contributed by atoms with Crippen LogP contribution in [-0.4, -0.2) is 40.8 Å². The number of allylic oxidation sites excluding steroid dienone is 1. The Hall–Kier alpha value is -0.203. The second-order valence-corrected chi connectivity index (χ2v) is 7.72. The molecule has 4 nitrogen and oxygen atoms in total. The Kier molecular flexibility index (Phi) is 5.59. The molecule has 1 aliphatic heterocycles. The van der Waals surface area contributed by atoms with Gasteiger partial charge in [0.2, 0.25) is 0 Å². The minimum Gasteiger partial charge on any atom is -0.374 e. The maximum Gasteiger partial charge on any atom is 0.501 e. The molecule has 5 heteroatoms. The van der Waals surface area contributed by atoms with E-state index in [0.717, 1.165) is 18.9 Å². The van der Waals surface area contributed by atoms with Gasteiger partial charge in [0, 0.05) is 25.9 Å². The number of epoxide rings is 1. The van der Waals surface area contributed by atoms with Crippen molar-refractivity contribution in [2.24, 2.45) is 0 Å². The summed E-state index contributed by atoms with van der Waals surface area (Å²) in [5, 5.41) is 0. The second-order valence-electron chi connectivity index (χ2n) is 4.98. The highest BCUT2D eigenvalue weighted by molar-refractivity contribution is 6.60. The van der Waals surface area contributed by atoms with Crippen molar-refractivity contribution in [2.75, 3.05) is 19.8 Å². The molecule has 0 spiro atoms. The molecular weight excluding hydrogens is 260 g/mol. The van der Waals surface area contributed by atoms with Gasteiger partial charge < -0.3 is 18.0 Å². The van der Waals surface area contributed by atoms with Crippen LogP contribution in [0.2, 0.25) is 6.04 Å². The highest BCUT2D eigenvalue weighted by atomic mass is 28.4. The predicted molar refractivity (Wildman–Crippen MR) is 76.0 cm³/mol. The number of hydrogen-bond donors (Lipinski definition) is 0. The van der Waals surface area contributed by atoms with Gasteiger partial charge in [-0.3, -0.25) is 0 Å². The van der Waals surface area contributed by atoms with E-state index in [0.29, 0.717) is 32.0 Å². The monoisotopic (exact) mass is 286 g/mol. The van der Waals surface area contributed by atoms with Crippen LogP contribution in [0.25, 0.3) is 0 Å². The Labute approximate surface area is 117 Å². The van der Waals surface area contributed by atoms with Gasteiger partial charge in [0.25, 0.3) is 0 Å². The van der Waals surface area contributed by atoms with Crippen molar-refractivity contribution in [1.29, 1.82) is 0 Å². The van der Waals surface area contributed by atoms with E-state index in [1.165, 1.54) is 12.0 Å². The van der Waals surface area contributed by atoms with E-state index in [1.807, 2.05) is 20.8 Å². The van der Waals surface area contributed by atoms with Gasteiger partial charge in [-0.1, -0.05) is 11.6 Å². The lowest BCUT2D eigenvalue weighted by Crippen LogP contribution is -2.46. The molecule has 1 aliphatic carbocycles. The van der Waals surface area contributed by atoms with Crippen LogP contribution in [0.15, 0.2) is 11.6 Å². The van der Waals surface area contributed by atoms with E-state index < -0.39 is 8.80 Å². The predicted octanol–water partition coefficient (Wildman–Crippen LogP) is 2.91. The van der Waals surface area contributed by atoms with Crippen molar-refractivity contribution in [3.63, 3.8) is 0 Å². The Bertz CT molecular complexity index is 302. The lowest BCUT2D eigenvalue weighted by atomic mass is 9.98. The summed E-state index contributed by atoms with van der Waals surface area (Å²) in [7, 11) is -2.47. The van der Waals surface area contributed by atoms with Crippen LogP contribution < -0.4 is 0 Å². The van der Waals surface area contributed by atoms with Gasteiger partial charge in [-0.05, 0) is 40.0 Å². The highest BCUT2D eigenvalue weighted by Crippen LogP contribution is 2.37. The number of hydrogen-bond acceptors (Lipinski definition) is 4. The van der Waals surface area contributed by atoms with Crippen molar-refractivity contribution in [2.45, 2.75) is 58.3 Å². The molecule has 0 amide bonds. The summed E-state index contributed by atoms with van der Waals surface area (Å²) in [6, 6.07) is 0.881. The fourth-order valence-corrected chi connectivity index (χ4v) is 5.33. The highest BCUT2D eigenvalue weighted by Gasteiger charge is 2.42. The molecule has 2 rings (SSSR count). The Morgan fingerprint density at radius 3 is 2.32 bits per heavy atom. The van der Waals surface area contributed by atoms with Crippen LogP contribution in [-0.2, 0) is 18.0 Å². The zero-order chi connectivity index (χ0) is 13.7. The summed E-state index contributed by atoms with van der Waals surface area (Å²) < 4.78 is 23.1. The maximum atomic E-state index is 5.87. The van der Waals surface area contributed by atoms with Crippen molar-refractivity contribution in [3.05, 3.63) is 11.6 Å². The molecule has 0 radical (unpaired) electrons. The Morgan fingerprint density at radius 2 is 1.79 bits per heavy atom. The van der Waals surface area contributed by atoms with Crippen molar-refractivity contribution >= 4 is 8.80 Å². The molecule has 2 aliphatic rings. The first-order chi connectivity index (χ1) is 9.23. The van der Waals surface area contributed by atoms with E-state index in [4.69, 9.17) is 18.0 Å². The Morgan fingerprint density at radius 1 is 1.16 bits per heavy atom. The summed E-state index contributed by atoms with van der Waals surface area (Å²) in [5.41, 5.74) is 1.48. The first-order valence-electron chi connectivity index (χ1n) is 7.50. The molecular formula is C14H26O4Si. The normalized spacial score (nSPS) is 25.9. The molecule has 1 fully saturated rings. The lowest BCUT2D eigenvalue weighted by Gasteiger charge is -2.29. The molecule has 0 N–H and O–H groups in total. The van der Waals surface area contributed by atoms with Crippen LogP contribution in [0, 0.1) is 0 Å². The second kappa shape index (κ2) is 6.99. The van der Waals surface area contributed by atoms with Gasteiger partial charge in [0.15, 0.2) is 0 Å². The molecule has 2 unspecified atom stereocenters. The largest absolute Gasteiger partial charge is 0.501 e. The summed E-state index contributed by atoms with van der Waals surface area (Å²) in [5.74, 6) is 0. The van der Waals surface area contributed by atoms with Crippen LogP contribution in [0.5, 0.6) is 0 Å². The standard InChI is InChI=1S/C14H26O4Si/c1-4-15-19(16-5-2,17-6-3)10-9-12-7-8-13-14(11-12)18-13/h11,13-14H,4-10H2,1-3H3. The van der Waals surface area contributed by atoms with Gasteiger partial charge in [-0.15, -0.1) is 0 Å². The summed E-state index contributed by atoms with van der Waals surface area (Å²) in [4.78, 5) is 0. The van der Waals surface area contributed by atoms with Gasteiger partial charge in [0.05, 0.1) is 6.10 Å². The third-order valence-electron chi connectivity index (χ3n) is 3.62. The van der Waals surface area contributed by atoms with Crippen LogP contribution >= 0.6 is 0 Å². The zero-order valence-electron chi connectivity index (χ0n) is 12.3. The average Bonchev–Trinajstić information content (AvgIpc) is 3.16. The topological polar surface area (TPSA) is 40.2 Å². The molecule has 110 valence electrons. The minimum atomic E-state index is -2.47. The summed E-state index contributed by atoms with van der Waals surface area (Å²) in [6.07, 6.45) is 6.53. The molecule has 0 aromatic carbocycles. The first kappa shape index (κ1) is 15.2. The fourth-order valence-electron chi connectivity index (χ4n) is 2.70. The van der Waals surface area contributed by atoms with E-state index in [9.17, 15) is 0 Å². The number of fused-ring (bicyclic) bond motifs is 1. The van der Waals surface area contributed by atoms with Gasteiger partial charge in [0.1, 0.15) is 6.10 Å².